The minimum atomic E-state index is -0.360. The normalized spacial score (nSPS) is 22.3. The number of thioether (sulfide) groups is 1. The van der Waals surface area contributed by atoms with Gasteiger partial charge in [0.1, 0.15) is 12.4 Å². The van der Waals surface area contributed by atoms with Crippen LogP contribution in [0.3, 0.4) is 0 Å². The Morgan fingerprint density at radius 3 is 2.68 bits per heavy atom. The molecule has 2 aliphatic rings. The maximum absolute atomic E-state index is 14.1. The molecule has 0 bridgehead atoms. The Morgan fingerprint density at radius 2 is 1.90 bits per heavy atom. The zero-order chi connectivity index (χ0) is 21.8. The minimum Gasteiger partial charge on any atom is -0.350 e. The molecule has 2 amide bonds. The molecule has 2 aromatic rings. The first-order chi connectivity index (χ1) is 15.0. The standard InChI is InChI=1S/C24H24ClFN2O2S/c25-18-11-9-16(10-12-18)14-27-23(29)15-28-20-7-3-4-8-21(20)31-22(24(28)30)13-17-5-1-2-6-19(17)26/h1-2,5-6,9-13,20-21H,3-4,7-8,14-15H2,(H,27,29)/b22-13-. The van der Waals surface area contributed by atoms with Crippen LogP contribution in [0.4, 0.5) is 4.39 Å². The summed E-state index contributed by atoms with van der Waals surface area (Å²) in [6.07, 6.45) is 5.64. The summed E-state index contributed by atoms with van der Waals surface area (Å²) in [7, 11) is 0. The summed E-state index contributed by atoms with van der Waals surface area (Å²) in [6.45, 7) is 0.377. The summed E-state index contributed by atoms with van der Waals surface area (Å²) in [6, 6.07) is 13.7. The van der Waals surface area contributed by atoms with Crippen molar-refractivity contribution in [2.24, 2.45) is 0 Å². The highest BCUT2D eigenvalue weighted by molar-refractivity contribution is 8.04. The van der Waals surface area contributed by atoms with Crippen molar-refractivity contribution in [2.45, 2.75) is 43.5 Å². The van der Waals surface area contributed by atoms with Gasteiger partial charge < -0.3 is 10.2 Å². The fourth-order valence-corrected chi connectivity index (χ4v) is 5.70. The summed E-state index contributed by atoms with van der Waals surface area (Å²) in [5.74, 6) is -0.760. The van der Waals surface area contributed by atoms with Crippen LogP contribution in [0, 0.1) is 5.82 Å². The fraction of sp³-hybridized carbons (Fsp3) is 0.333. The van der Waals surface area contributed by atoms with E-state index in [0.717, 1.165) is 31.2 Å². The monoisotopic (exact) mass is 458 g/mol. The molecule has 1 heterocycles. The summed E-state index contributed by atoms with van der Waals surface area (Å²) >= 11 is 7.43. The predicted molar refractivity (Wildman–Crippen MR) is 123 cm³/mol. The third kappa shape index (κ3) is 5.31. The lowest BCUT2D eigenvalue weighted by Crippen LogP contribution is -2.54. The Morgan fingerprint density at radius 1 is 1.16 bits per heavy atom. The Balaban J connectivity index is 1.49. The average Bonchev–Trinajstić information content (AvgIpc) is 2.77. The minimum absolute atomic E-state index is 0.00274. The number of halogens is 2. The zero-order valence-corrected chi connectivity index (χ0v) is 18.6. The van der Waals surface area contributed by atoms with Gasteiger partial charge in [-0.1, -0.05) is 54.8 Å². The molecule has 0 aromatic heterocycles. The van der Waals surface area contributed by atoms with E-state index < -0.39 is 0 Å². The van der Waals surface area contributed by atoms with Gasteiger partial charge >= 0.3 is 0 Å². The number of hydrogen-bond donors (Lipinski definition) is 1. The van der Waals surface area contributed by atoms with E-state index >= 15 is 0 Å². The highest BCUT2D eigenvalue weighted by Crippen LogP contribution is 2.42. The Kier molecular flexibility index (Phi) is 6.98. The molecule has 0 spiro atoms. The van der Waals surface area contributed by atoms with Gasteiger partial charge in [0.15, 0.2) is 0 Å². The largest absolute Gasteiger partial charge is 0.350 e. The average molecular weight is 459 g/mol. The van der Waals surface area contributed by atoms with Crippen molar-refractivity contribution >= 4 is 41.3 Å². The molecule has 2 unspecified atom stereocenters. The SMILES string of the molecule is O=C(CN1C(=O)/C(=C/c2ccccc2F)SC2CCCCC21)NCc1ccc(Cl)cc1. The predicted octanol–water partition coefficient (Wildman–Crippen LogP) is 5.02. The quantitative estimate of drug-likeness (QED) is 0.640. The number of amides is 2. The highest BCUT2D eigenvalue weighted by atomic mass is 35.5. The number of benzene rings is 2. The van der Waals surface area contributed by atoms with Crippen LogP contribution in [0.25, 0.3) is 6.08 Å². The third-order valence-corrected chi connectivity index (χ3v) is 7.38. The van der Waals surface area contributed by atoms with Gasteiger partial charge in [-0.25, -0.2) is 4.39 Å². The molecule has 7 heteroatoms. The third-order valence-electron chi connectivity index (χ3n) is 5.73. The fourth-order valence-electron chi connectivity index (χ4n) is 4.11. The first-order valence-corrected chi connectivity index (χ1v) is 11.7. The molecule has 162 valence electrons. The van der Waals surface area contributed by atoms with Gasteiger partial charge in [0.2, 0.25) is 5.91 Å². The van der Waals surface area contributed by atoms with Crippen molar-refractivity contribution in [3.63, 3.8) is 0 Å². The van der Waals surface area contributed by atoms with Gasteiger partial charge in [-0.2, -0.15) is 0 Å². The smallest absolute Gasteiger partial charge is 0.261 e. The molecule has 0 radical (unpaired) electrons. The van der Waals surface area contributed by atoms with E-state index in [4.69, 9.17) is 11.6 Å². The van der Waals surface area contributed by atoms with Crippen LogP contribution in [0.5, 0.6) is 0 Å². The summed E-state index contributed by atoms with van der Waals surface area (Å²) < 4.78 is 14.1. The van der Waals surface area contributed by atoms with E-state index in [1.807, 2.05) is 12.1 Å². The van der Waals surface area contributed by atoms with Crippen LogP contribution < -0.4 is 5.32 Å². The molecule has 1 aliphatic carbocycles. The molecule has 1 N–H and O–H groups in total. The molecular weight excluding hydrogens is 435 g/mol. The molecule has 4 rings (SSSR count). The van der Waals surface area contributed by atoms with Gasteiger partial charge in [-0.05, 0) is 42.7 Å². The van der Waals surface area contributed by atoms with Crippen molar-refractivity contribution in [1.82, 2.24) is 10.2 Å². The Bertz CT molecular complexity index is 995. The lowest BCUT2D eigenvalue weighted by molar-refractivity contribution is -0.135. The molecule has 2 fully saturated rings. The van der Waals surface area contributed by atoms with Crippen LogP contribution in [0.2, 0.25) is 5.02 Å². The molecule has 1 aliphatic heterocycles. The van der Waals surface area contributed by atoms with Crippen LogP contribution in [0.1, 0.15) is 36.8 Å². The Labute approximate surface area is 190 Å². The Hall–Kier alpha value is -2.31. The second kappa shape index (κ2) is 9.88. The van der Waals surface area contributed by atoms with Crippen molar-refractivity contribution in [3.8, 4) is 0 Å². The molecule has 1 saturated heterocycles. The molecule has 1 saturated carbocycles. The van der Waals surface area contributed by atoms with E-state index in [9.17, 15) is 14.0 Å². The maximum atomic E-state index is 14.1. The van der Waals surface area contributed by atoms with Crippen LogP contribution >= 0.6 is 23.4 Å². The van der Waals surface area contributed by atoms with E-state index in [1.165, 1.54) is 17.8 Å². The van der Waals surface area contributed by atoms with E-state index in [0.29, 0.717) is 22.0 Å². The lowest BCUT2D eigenvalue weighted by atomic mass is 9.93. The number of fused-ring (bicyclic) bond motifs is 1. The van der Waals surface area contributed by atoms with E-state index in [1.54, 1.807) is 41.3 Å². The topological polar surface area (TPSA) is 49.4 Å². The number of rotatable bonds is 5. The number of nitrogens with one attached hydrogen (secondary N) is 1. The number of carbonyl (C=O) groups excluding carboxylic acids is 2. The van der Waals surface area contributed by atoms with E-state index in [-0.39, 0.29) is 35.5 Å². The maximum Gasteiger partial charge on any atom is 0.261 e. The lowest BCUT2D eigenvalue weighted by Gasteiger charge is -2.43. The van der Waals surface area contributed by atoms with E-state index in [2.05, 4.69) is 5.32 Å². The molecule has 2 aromatic carbocycles. The summed E-state index contributed by atoms with van der Waals surface area (Å²) in [5, 5.41) is 3.77. The van der Waals surface area contributed by atoms with Crippen LogP contribution in [-0.2, 0) is 16.1 Å². The first-order valence-electron chi connectivity index (χ1n) is 10.5. The van der Waals surface area contributed by atoms with Crippen molar-refractivity contribution < 1.29 is 14.0 Å². The van der Waals surface area contributed by atoms with Crippen LogP contribution in [-0.4, -0.2) is 34.6 Å². The molecule has 4 nitrogen and oxygen atoms in total. The summed E-state index contributed by atoms with van der Waals surface area (Å²) in [4.78, 5) is 28.1. The van der Waals surface area contributed by atoms with Gasteiger partial charge in [0.05, 0.1) is 4.91 Å². The molecule has 31 heavy (non-hydrogen) atoms. The highest BCUT2D eigenvalue weighted by Gasteiger charge is 2.41. The van der Waals surface area contributed by atoms with Gasteiger partial charge in [0, 0.05) is 28.4 Å². The van der Waals surface area contributed by atoms with Crippen molar-refractivity contribution in [3.05, 3.63) is 75.4 Å². The van der Waals surface area contributed by atoms with Crippen LogP contribution in [0.15, 0.2) is 53.4 Å². The van der Waals surface area contributed by atoms with Crippen molar-refractivity contribution in [1.29, 1.82) is 0 Å². The molecule has 2 atom stereocenters. The second-order valence-electron chi connectivity index (χ2n) is 7.87. The summed E-state index contributed by atoms with van der Waals surface area (Å²) in [5.41, 5.74) is 1.33. The number of nitrogens with zero attached hydrogens (tertiary/aromatic N) is 1. The van der Waals surface area contributed by atoms with Crippen molar-refractivity contribution in [2.75, 3.05) is 6.54 Å². The van der Waals surface area contributed by atoms with Gasteiger partial charge in [-0.15, -0.1) is 11.8 Å². The first kappa shape index (κ1) is 21.9. The number of carbonyl (C=O) groups is 2. The van der Waals surface area contributed by atoms with Gasteiger partial charge in [0.25, 0.3) is 5.91 Å². The van der Waals surface area contributed by atoms with Gasteiger partial charge in [-0.3, -0.25) is 9.59 Å². The number of hydrogen-bond acceptors (Lipinski definition) is 3. The zero-order valence-electron chi connectivity index (χ0n) is 17.0. The molecular formula is C24H24ClFN2O2S. The second-order valence-corrected chi connectivity index (χ2v) is 9.59.